The van der Waals surface area contributed by atoms with E-state index < -0.39 is 0 Å². The van der Waals surface area contributed by atoms with E-state index in [9.17, 15) is 4.79 Å². The minimum atomic E-state index is 0.175. The van der Waals surface area contributed by atoms with E-state index in [4.69, 9.17) is 0 Å². The van der Waals surface area contributed by atoms with E-state index in [-0.39, 0.29) is 9.20 Å². The van der Waals surface area contributed by atoms with Crippen LogP contribution in [0.15, 0.2) is 18.2 Å². The summed E-state index contributed by atoms with van der Waals surface area (Å²) in [6, 6.07) is 6.22. The van der Waals surface area contributed by atoms with Crippen molar-refractivity contribution in [1.82, 2.24) is 0 Å². The number of halogens is 1. The number of carbonyl (C=O) groups is 1. The predicted octanol–water partition coefficient (Wildman–Crippen LogP) is 4.73. The number of benzene rings is 1. The van der Waals surface area contributed by atoms with Crippen molar-refractivity contribution in [3.63, 3.8) is 0 Å². The van der Waals surface area contributed by atoms with Gasteiger partial charge in [0.2, 0.25) is 3.79 Å². The van der Waals surface area contributed by atoms with E-state index in [1.54, 1.807) is 0 Å². The van der Waals surface area contributed by atoms with Crippen LogP contribution in [0, 0.1) is 5.41 Å². The van der Waals surface area contributed by atoms with Crippen molar-refractivity contribution >= 4 is 26.4 Å². The summed E-state index contributed by atoms with van der Waals surface area (Å²) in [4.78, 5) is 11.7. The van der Waals surface area contributed by atoms with Gasteiger partial charge in [-0.15, -0.1) is 0 Å². The molecule has 0 radical (unpaired) electrons. The molecular weight excluding hydrogens is 323 g/mol. The van der Waals surface area contributed by atoms with Crippen molar-refractivity contribution in [1.29, 1.82) is 0 Å². The summed E-state index contributed by atoms with van der Waals surface area (Å²) < 4.78 is 0.175. The molecule has 0 aliphatic heterocycles. The predicted molar refractivity (Wildman–Crippen MR) is 79.9 cm³/mol. The lowest BCUT2D eigenvalue weighted by Crippen LogP contribution is -2.24. The molecular formula is C15H19IO. The van der Waals surface area contributed by atoms with E-state index in [1.807, 2.05) is 34.7 Å². The minimum absolute atomic E-state index is 0.175. The average Bonchev–Trinajstić information content (AvgIpc) is 2.26. The number of fused-ring (bicyclic) bond motifs is 1. The molecule has 0 heterocycles. The zero-order valence-electron chi connectivity index (χ0n) is 10.7. The van der Waals surface area contributed by atoms with Gasteiger partial charge in [-0.2, -0.15) is 0 Å². The molecule has 0 aromatic heterocycles. The van der Waals surface area contributed by atoms with Gasteiger partial charge >= 0.3 is 0 Å². The van der Waals surface area contributed by atoms with Crippen LogP contribution >= 0.6 is 22.6 Å². The highest BCUT2D eigenvalue weighted by Gasteiger charge is 2.31. The second-order valence-electron chi connectivity index (χ2n) is 5.96. The maximum atomic E-state index is 11.7. The Hall–Kier alpha value is -0.380. The highest BCUT2D eigenvalue weighted by Crippen LogP contribution is 2.44. The fraction of sp³-hybridized carbons (Fsp3) is 0.533. The Labute approximate surface area is 117 Å². The SMILES string of the molecule is CC(C)(C)C1CCCc2c(C(=O)I)cccc21. The van der Waals surface area contributed by atoms with Crippen molar-refractivity contribution in [2.75, 3.05) is 0 Å². The second-order valence-corrected chi connectivity index (χ2v) is 6.94. The summed E-state index contributed by atoms with van der Waals surface area (Å²) in [5.41, 5.74) is 3.92. The van der Waals surface area contributed by atoms with Crippen molar-refractivity contribution in [2.45, 2.75) is 46.0 Å². The first-order chi connectivity index (χ1) is 7.91. The van der Waals surface area contributed by atoms with Gasteiger partial charge < -0.3 is 0 Å². The first kappa shape index (κ1) is 13.1. The molecule has 2 rings (SSSR count). The summed E-state index contributed by atoms with van der Waals surface area (Å²) in [6.07, 6.45) is 3.51. The number of carbonyl (C=O) groups excluding carboxylic acids is 1. The average molecular weight is 342 g/mol. The summed E-state index contributed by atoms with van der Waals surface area (Å²) in [7, 11) is 0. The molecule has 0 spiro atoms. The third kappa shape index (κ3) is 2.56. The van der Waals surface area contributed by atoms with Gasteiger partial charge in [0.25, 0.3) is 0 Å². The lowest BCUT2D eigenvalue weighted by molar-refractivity contribution is 0.110. The molecule has 0 saturated heterocycles. The van der Waals surface area contributed by atoms with Gasteiger partial charge in [0.05, 0.1) is 0 Å². The van der Waals surface area contributed by atoms with Gasteiger partial charge in [0, 0.05) is 28.2 Å². The third-order valence-electron chi connectivity index (χ3n) is 3.76. The van der Waals surface area contributed by atoms with Crippen LogP contribution in [-0.4, -0.2) is 3.79 Å². The molecule has 1 aromatic carbocycles. The van der Waals surface area contributed by atoms with Crippen LogP contribution in [0.1, 0.15) is 61.0 Å². The standard InChI is InChI=1S/C15H19IO/c1-15(2,3)13-9-5-6-10-11(13)7-4-8-12(10)14(16)17/h4,7-8,13H,5-6,9H2,1-3H3. The Morgan fingerprint density at radius 3 is 2.65 bits per heavy atom. The molecule has 1 aliphatic rings. The second kappa shape index (κ2) is 4.71. The molecule has 1 aromatic rings. The topological polar surface area (TPSA) is 17.1 Å². The molecule has 92 valence electrons. The van der Waals surface area contributed by atoms with Crippen molar-refractivity contribution < 1.29 is 4.79 Å². The lowest BCUT2D eigenvalue weighted by Gasteiger charge is -2.36. The zero-order chi connectivity index (χ0) is 12.6. The molecule has 0 fully saturated rings. The van der Waals surface area contributed by atoms with E-state index in [2.05, 4.69) is 26.8 Å². The Kier molecular flexibility index (Phi) is 3.62. The summed E-state index contributed by atoms with van der Waals surface area (Å²) in [6.45, 7) is 6.89. The van der Waals surface area contributed by atoms with Crippen LogP contribution in [0.25, 0.3) is 0 Å². The van der Waals surface area contributed by atoms with Crippen LogP contribution < -0.4 is 0 Å². The van der Waals surface area contributed by atoms with E-state index in [1.165, 1.54) is 24.0 Å². The molecule has 17 heavy (non-hydrogen) atoms. The van der Waals surface area contributed by atoms with Gasteiger partial charge in [-0.1, -0.05) is 39.0 Å². The van der Waals surface area contributed by atoms with Crippen LogP contribution in [0.5, 0.6) is 0 Å². The van der Waals surface area contributed by atoms with Crippen LogP contribution in [0.3, 0.4) is 0 Å². The molecule has 2 heteroatoms. The summed E-state index contributed by atoms with van der Waals surface area (Å²) >= 11 is 1.90. The zero-order valence-corrected chi connectivity index (χ0v) is 12.9. The lowest BCUT2D eigenvalue weighted by atomic mass is 9.69. The maximum Gasteiger partial charge on any atom is 0.222 e. The molecule has 1 aliphatic carbocycles. The Balaban J connectivity index is 2.53. The quantitative estimate of drug-likeness (QED) is 0.533. The fourth-order valence-electron chi connectivity index (χ4n) is 2.93. The number of hydrogen-bond donors (Lipinski definition) is 0. The van der Waals surface area contributed by atoms with E-state index in [0.717, 1.165) is 12.0 Å². The molecule has 0 saturated carbocycles. The first-order valence-corrected chi connectivity index (χ1v) is 7.31. The highest BCUT2D eigenvalue weighted by molar-refractivity contribution is 14.1. The van der Waals surface area contributed by atoms with Crippen molar-refractivity contribution in [3.05, 3.63) is 34.9 Å². The van der Waals surface area contributed by atoms with E-state index in [0.29, 0.717) is 5.92 Å². The van der Waals surface area contributed by atoms with Crippen LogP contribution in [0.2, 0.25) is 0 Å². The largest absolute Gasteiger partial charge is 0.282 e. The van der Waals surface area contributed by atoms with Crippen LogP contribution in [-0.2, 0) is 6.42 Å². The normalized spacial score (nSPS) is 19.9. The Morgan fingerprint density at radius 1 is 1.35 bits per heavy atom. The maximum absolute atomic E-state index is 11.7. The van der Waals surface area contributed by atoms with Crippen molar-refractivity contribution in [2.24, 2.45) is 5.41 Å². The molecule has 0 amide bonds. The van der Waals surface area contributed by atoms with E-state index >= 15 is 0 Å². The highest BCUT2D eigenvalue weighted by atomic mass is 127. The Bertz CT molecular complexity index is 443. The monoisotopic (exact) mass is 342 g/mol. The minimum Gasteiger partial charge on any atom is -0.282 e. The van der Waals surface area contributed by atoms with Gasteiger partial charge in [-0.25, -0.2) is 0 Å². The summed E-state index contributed by atoms with van der Waals surface area (Å²) in [5, 5.41) is 0. The van der Waals surface area contributed by atoms with Gasteiger partial charge in [0.1, 0.15) is 0 Å². The third-order valence-corrected chi connectivity index (χ3v) is 4.35. The fourth-order valence-corrected chi connectivity index (χ4v) is 3.44. The smallest absolute Gasteiger partial charge is 0.222 e. The van der Waals surface area contributed by atoms with Crippen LogP contribution in [0.4, 0.5) is 0 Å². The molecule has 1 atom stereocenters. The Morgan fingerprint density at radius 2 is 2.06 bits per heavy atom. The molecule has 1 unspecified atom stereocenters. The van der Waals surface area contributed by atoms with Crippen molar-refractivity contribution in [3.8, 4) is 0 Å². The first-order valence-electron chi connectivity index (χ1n) is 6.23. The van der Waals surface area contributed by atoms with Gasteiger partial charge in [-0.3, -0.25) is 4.79 Å². The summed E-state index contributed by atoms with van der Waals surface area (Å²) in [5.74, 6) is 0.585. The molecule has 0 bridgehead atoms. The van der Waals surface area contributed by atoms with Gasteiger partial charge in [0.15, 0.2) is 0 Å². The number of rotatable bonds is 1. The molecule has 1 nitrogen and oxygen atoms in total. The van der Waals surface area contributed by atoms with Gasteiger partial charge in [-0.05, 0) is 41.7 Å². The number of hydrogen-bond acceptors (Lipinski definition) is 1. The molecule has 0 N–H and O–H groups in total.